The highest BCUT2D eigenvalue weighted by Crippen LogP contribution is 2.27. The summed E-state index contributed by atoms with van der Waals surface area (Å²) in [5, 5.41) is 4.31. The molecule has 1 unspecified atom stereocenters. The van der Waals surface area contributed by atoms with Crippen LogP contribution in [0.5, 0.6) is 0 Å². The number of benzene rings is 1. The van der Waals surface area contributed by atoms with E-state index in [0.717, 1.165) is 15.9 Å². The first-order chi connectivity index (χ1) is 8.90. The molecule has 0 bridgehead atoms. The summed E-state index contributed by atoms with van der Waals surface area (Å²) in [6.45, 7) is 1.92. The molecule has 0 aliphatic carbocycles. The molecule has 102 valence electrons. The maximum atomic E-state index is 13.9. The van der Waals surface area contributed by atoms with Gasteiger partial charge >= 0.3 is 0 Å². The van der Waals surface area contributed by atoms with Gasteiger partial charge in [0.2, 0.25) is 0 Å². The fraction of sp³-hybridized carbons (Fsp3) is 0.308. The van der Waals surface area contributed by atoms with Crippen LogP contribution in [0.15, 0.2) is 27.1 Å². The fourth-order valence-corrected chi connectivity index (χ4v) is 2.85. The zero-order chi connectivity index (χ0) is 14.2. The van der Waals surface area contributed by atoms with E-state index in [1.54, 1.807) is 16.8 Å². The van der Waals surface area contributed by atoms with Crippen LogP contribution < -0.4 is 5.73 Å². The van der Waals surface area contributed by atoms with Crippen molar-refractivity contribution in [3.63, 3.8) is 0 Å². The molecule has 6 heteroatoms. The number of hydrogen-bond donors (Lipinski definition) is 1. The number of hydrogen-bond acceptors (Lipinski definition) is 2. The standard InChI is InChI=1S/C13H14Br2FN3/c1-7-13(15)12(19(2)18-7)6-11(17)9-4-3-8(14)5-10(9)16/h3-5,11H,6,17H2,1-2H3. The van der Waals surface area contributed by atoms with Gasteiger partial charge in [-0.1, -0.05) is 22.0 Å². The largest absolute Gasteiger partial charge is 0.324 e. The Morgan fingerprint density at radius 2 is 2.11 bits per heavy atom. The minimum Gasteiger partial charge on any atom is -0.324 e. The summed E-state index contributed by atoms with van der Waals surface area (Å²) in [6, 6.07) is 4.53. The van der Waals surface area contributed by atoms with Crippen LogP contribution in [0.4, 0.5) is 4.39 Å². The van der Waals surface area contributed by atoms with Crippen molar-refractivity contribution in [2.75, 3.05) is 0 Å². The van der Waals surface area contributed by atoms with E-state index in [-0.39, 0.29) is 5.82 Å². The first-order valence-electron chi connectivity index (χ1n) is 5.78. The van der Waals surface area contributed by atoms with E-state index in [1.165, 1.54) is 6.07 Å². The lowest BCUT2D eigenvalue weighted by atomic mass is 10.0. The van der Waals surface area contributed by atoms with Gasteiger partial charge < -0.3 is 5.73 Å². The van der Waals surface area contributed by atoms with Gasteiger partial charge in [-0.3, -0.25) is 4.68 Å². The van der Waals surface area contributed by atoms with E-state index in [9.17, 15) is 4.39 Å². The SMILES string of the molecule is Cc1nn(C)c(CC(N)c2ccc(Br)cc2F)c1Br. The molecule has 1 aromatic heterocycles. The van der Waals surface area contributed by atoms with E-state index in [1.807, 2.05) is 14.0 Å². The Morgan fingerprint density at radius 3 is 2.63 bits per heavy atom. The summed E-state index contributed by atoms with van der Waals surface area (Å²) in [6.07, 6.45) is 0.524. The number of halogens is 3. The highest BCUT2D eigenvalue weighted by Gasteiger charge is 2.17. The Hall–Kier alpha value is -0.720. The number of rotatable bonds is 3. The average molecular weight is 391 g/mol. The molecule has 0 saturated carbocycles. The topological polar surface area (TPSA) is 43.8 Å². The predicted octanol–water partition coefficient (Wildman–Crippen LogP) is 3.64. The van der Waals surface area contributed by atoms with Gasteiger partial charge in [0, 0.05) is 29.5 Å². The summed E-state index contributed by atoms with van der Waals surface area (Å²) in [7, 11) is 1.86. The molecule has 2 N–H and O–H groups in total. The Labute approximate surface area is 128 Å². The lowest BCUT2D eigenvalue weighted by Crippen LogP contribution is -2.17. The van der Waals surface area contributed by atoms with Crippen molar-refractivity contribution in [2.45, 2.75) is 19.4 Å². The second kappa shape index (κ2) is 5.73. The second-order valence-corrected chi connectivity index (χ2v) is 6.15. The molecule has 0 radical (unpaired) electrons. The number of nitrogens with two attached hydrogens (primary N) is 1. The van der Waals surface area contributed by atoms with E-state index < -0.39 is 6.04 Å². The van der Waals surface area contributed by atoms with Crippen molar-refractivity contribution >= 4 is 31.9 Å². The van der Waals surface area contributed by atoms with Crippen molar-refractivity contribution in [3.05, 3.63) is 49.9 Å². The summed E-state index contributed by atoms with van der Waals surface area (Å²) in [5.74, 6) is -0.295. The quantitative estimate of drug-likeness (QED) is 0.869. The maximum Gasteiger partial charge on any atom is 0.129 e. The van der Waals surface area contributed by atoms with Crippen molar-refractivity contribution in [1.29, 1.82) is 0 Å². The molecule has 2 aromatic rings. The van der Waals surface area contributed by atoms with E-state index in [4.69, 9.17) is 5.73 Å². The molecule has 0 spiro atoms. The minimum absolute atomic E-state index is 0.295. The van der Waals surface area contributed by atoms with E-state index in [0.29, 0.717) is 16.5 Å². The highest BCUT2D eigenvalue weighted by molar-refractivity contribution is 9.10. The van der Waals surface area contributed by atoms with Crippen molar-refractivity contribution in [3.8, 4) is 0 Å². The van der Waals surface area contributed by atoms with Gasteiger partial charge in [0.05, 0.1) is 15.9 Å². The smallest absolute Gasteiger partial charge is 0.129 e. The van der Waals surface area contributed by atoms with Crippen LogP contribution in [0.1, 0.15) is 23.0 Å². The molecular weight excluding hydrogens is 377 g/mol. The van der Waals surface area contributed by atoms with Crippen molar-refractivity contribution in [2.24, 2.45) is 12.8 Å². The molecule has 1 aromatic carbocycles. The molecule has 2 rings (SSSR count). The predicted molar refractivity (Wildman–Crippen MR) is 80.4 cm³/mol. The van der Waals surface area contributed by atoms with Gasteiger partial charge in [-0.05, 0) is 35.0 Å². The molecular formula is C13H14Br2FN3. The zero-order valence-corrected chi connectivity index (χ0v) is 13.8. The van der Waals surface area contributed by atoms with Crippen LogP contribution in [-0.2, 0) is 13.5 Å². The minimum atomic E-state index is -0.404. The maximum absolute atomic E-state index is 13.9. The number of aryl methyl sites for hydroxylation is 2. The normalized spacial score (nSPS) is 12.7. The second-order valence-electron chi connectivity index (χ2n) is 4.45. The van der Waals surface area contributed by atoms with Gasteiger partial charge in [0.25, 0.3) is 0 Å². The molecule has 0 fully saturated rings. The van der Waals surface area contributed by atoms with Gasteiger partial charge in [0.1, 0.15) is 5.82 Å². The number of nitrogens with zero attached hydrogens (tertiary/aromatic N) is 2. The third kappa shape index (κ3) is 3.07. The van der Waals surface area contributed by atoms with Crippen molar-refractivity contribution < 1.29 is 4.39 Å². The fourth-order valence-electron chi connectivity index (χ4n) is 2.02. The third-order valence-electron chi connectivity index (χ3n) is 3.04. The first-order valence-corrected chi connectivity index (χ1v) is 7.37. The molecule has 0 amide bonds. The van der Waals surface area contributed by atoms with Crippen LogP contribution in [0, 0.1) is 12.7 Å². The lowest BCUT2D eigenvalue weighted by molar-refractivity contribution is 0.567. The Morgan fingerprint density at radius 1 is 1.42 bits per heavy atom. The van der Waals surface area contributed by atoms with Gasteiger partial charge in [0.15, 0.2) is 0 Å². The summed E-state index contributed by atoms with van der Waals surface area (Å²) in [5.41, 5.74) is 8.48. The molecule has 3 nitrogen and oxygen atoms in total. The van der Waals surface area contributed by atoms with Crippen LogP contribution >= 0.6 is 31.9 Å². The lowest BCUT2D eigenvalue weighted by Gasteiger charge is -2.14. The monoisotopic (exact) mass is 389 g/mol. The molecule has 19 heavy (non-hydrogen) atoms. The molecule has 0 aliphatic rings. The van der Waals surface area contributed by atoms with Crippen LogP contribution in [-0.4, -0.2) is 9.78 Å². The van der Waals surface area contributed by atoms with E-state index in [2.05, 4.69) is 37.0 Å². The summed E-state index contributed by atoms with van der Waals surface area (Å²) in [4.78, 5) is 0. The third-order valence-corrected chi connectivity index (χ3v) is 4.56. The Bertz CT molecular complexity index is 610. The van der Waals surface area contributed by atoms with Crippen molar-refractivity contribution in [1.82, 2.24) is 9.78 Å². The Balaban J connectivity index is 2.28. The van der Waals surface area contributed by atoms with Gasteiger partial charge in [-0.25, -0.2) is 4.39 Å². The molecule has 1 atom stereocenters. The van der Waals surface area contributed by atoms with Crippen LogP contribution in [0.2, 0.25) is 0 Å². The zero-order valence-electron chi connectivity index (χ0n) is 10.6. The van der Waals surface area contributed by atoms with E-state index >= 15 is 0 Å². The average Bonchev–Trinajstić information content (AvgIpc) is 2.56. The highest BCUT2D eigenvalue weighted by atomic mass is 79.9. The molecule has 0 aliphatic heterocycles. The summed E-state index contributed by atoms with van der Waals surface area (Å²) < 4.78 is 17.3. The number of aromatic nitrogens is 2. The van der Waals surface area contributed by atoms with Gasteiger partial charge in [-0.15, -0.1) is 0 Å². The molecule has 0 saturated heterocycles. The Kier molecular flexibility index (Phi) is 4.43. The van der Waals surface area contributed by atoms with Crippen LogP contribution in [0.3, 0.4) is 0 Å². The molecule has 1 heterocycles. The van der Waals surface area contributed by atoms with Gasteiger partial charge in [-0.2, -0.15) is 5.10 Å². The summed E-state index contributed by atoms with van der Waals surface area (Å²) >= 11 is 6.73. The van der Waals surface area contributed by atoms with Crippen LogP contribution in [0.25, 0.3) is 0 Å². The first kappa shape index (κ1) is 14.7.